The standard InChI is InChI=1S/C19H17NO3S/c21-19(23-12-13-7-8-22-11-13)15-10-17(18-6-3-9-24-18)20-16-5-2-1-4-14(15)16/h1-6,9-10,13H,7-8,11-12H2/t13-/m1/s1. The Kier molecular flexibility index (Phi) is 4.28. The number of hydrogen-bond donors (Lipinski definition) is 0. The van der Waals surface area contributed by atoms with Gasteiger partial charge in [0, 0.05) is 17.9 Å². The monoisotopic (exact) mass is 339 g/mol. The maximum atomic E-state index is 12.6. The van der Waals surface area contributed by atoms with Crippen molar-refractivity contribution in [1.29, 1.82) is 0 Å². The van der Waals surface area contributed by atoms with Crippen LogP contribution < -0.4 is 0 Å². The van der Waals surface area contributed by atoms with Crippen molar-refractivity contribution >= 4 is 28.2 Å². The third kappa shape index (κ3) is 3.05. The minimum atomic E-state index is -0.293. The largest absolute Gasteiger partial charge is 0.462 e. The number of thiophene rings is 1. The van der Waals surface area contributed by atoms with E-state index in [9.17, 15) is 4.79 Å². The Bertz CT molecular complexity index is 854. The summed E-state index contributed by atoms with van der Waals surface area (Å²) in [5.41, 5.74) is 2.18. The predicted molar refractivity (Wildman–Crippen MR) is 94.3 cm³/mol. The van der Waals surface area contributed by atoms with Crippen molar-refractivity contribution in [2.45, 2.75) is 6.42 Å². The van der Waals surface area contributed by atoms with Gasteiger partial charge in [-0.05, 0) is 30.0 Å². The first-order chi connectivity index (χ1) is 11.8. The molecule has 0 aliphatic carbocycles. The average molecular weight is 339 g/mol. The number of fused-ring (bicyclic) bond motifs is 1. The number of benzene rings is 1. The third-order valence-corrected chi connectivity index (χ3v) is 5.08. The summed E-state index contributed by atoms with van der Waals surface area (Å²) in [7, 11) is 0. The Morgan fingerprint density at radius 2 is 2.21 bits per heavy atom. The number of hydrogen-bond acceptors (Lipinski definition) is 5. The molecule has 1 aromatic carbocycles. The summed E-state index contributed by atoms with van der Waals surface area (Å²) in [6.45, 7) is 1.83. The highest BCUT2D eigenvalue weighted by atomic mass is 32.1. The van der Waals surface area contributed by atoms with Crippen LogP contribution in [0.25, 0.3) is 21.5 Å². The number of carbonyl (C=O) groups is 1. The van der Waals surface area contributed by atoms with Gasteiger partial charge in [0.05, 0.1) is 34.9 Å². The number of nitrogens with zero attached hydrogens (tertiary/aromatic N) is 1. The van der Waals surface area contributed by atoms with E-state index in [0.717, 1.165) is 34.5 Å². The topological polar surface area (TPSA) is 48.4 Å². The van der Waals surface area contributed by atoms with E-state index in [2.05, 4.69) is 4.98 Å². The lowest BCUT2D eigenvalue weighted by molar-refractivity contribution is 0.0430. The van der Waals surface area contributed by atoms with Crippen LogP contribution in [0.1, 0.15) is 16.8 Å². The molecule has 1 atom stereocenters. The highest BCUT2D eigenvalue weighted by Gasteiger charge is 2.20. The van der Waals surface area contributed by atoms with Gasteiger partial charge in [0.2, 0.25) is 0 Å². The van der Waals surface area contributed by atoms with E-state index in [1.165, 1.54) is 0 Å². The van der Waals surface area contributed by atoms with E-state index in [1.807, 2.05) is 47.8 Å². The van der Waals surface area contributed by atoms with Gasteiger partial charge in [-0.3, -0.25) is 0 Å². The lowest BCUT2D eigenvalue weighted by Crippen LogP contribution is -2.15. The Hall–Kier alpha value is -2.24. The summed E-state index contributed by atoms with van der Waals surface area (Å²) in [4.78, 5) is 18.4. The van der Waals surface area contributed by atoms with Crippen molar-refractivity contribution in [3.05, 3.63) is 53.4 Å². The first-order valence-electron chi connectivity index (χ1n) is 8.00. The smallest absolute Gasteiger partial charge is 0.338 e. The molecule has 3 heterocycles. The van der Waals surface area contributed by atoms with Crippen LogP contribution in [0, 0.1) is 5.92 Å². The zero-order valence-corrected chi connectivity index (χ0v) is 13.9. The maximum absolute atomic E-state index is 12.6. The molecular formula is C19H17NO3S. The van der Waals surface area contributed by atoms with Crippen LogP contribution in [0.5, 0.6) is 0 Å². The molecule has 3 aromatic rings. The fourth-order valence-corrected chi connectivity index (χ4v) is 3.57. The number of aromatic nitrogens is 1. The van der Waals surface area contributed by atoms with Crippen LogP contribution in [-0.2, 0) is 9.47 Å². The van der Waals surface area contributed by atoms with Crippen LogP contribution in [0.3, 0.4) is 0 Å². The number of rotatable bonds is 4. The molecule has 0 bridgehead atoms. The normalized spacial score (nSPS) is 17.2. The Morgan fingerprint density at radius 3 is 3.00 bits per heavy atom. The number of esters is 1. The lowest BCUT2D eigenvalue weighted by atomic mass is 10.1. The Labute approximate surface area is 144 Å². The van der Waals surface area contributed by atoms with Crippen LogP contribution in [0.2, 0.25) is 0 Å². The van der Waals surface area contributed by atoms with Gasteiger partial charge in [-0.15, -0.1) is 11.3 Å². The number of ether oxygens (including phenoxy) is 2. The van der Waals surface area contributed by atoms with Crippen molar-refractivity contribution in [3.8, 4) is 10.6 Å². The molecule has 1 fully saturated rings. The summed E-state index contributed by atoms with van der Waals surface area (Å²) < 4.78 is 10.9. The fourth-order valence-electron chi connectivity index (χ4n) is 2.88. The Balaban J connectivity index is 1.68. The molecule has 122 valence electrons. The average Bonchev–Trinajstić information content (AvgIpc) is 3.32. The van der Waals surface area contributed by atoms with Gasteiger partial charge < -0.3 is 9.47 Å². The molecule has 1 aliphatic heterocycles. The van der Waals surface area contributed by atoms with Crippen molar-refractivity contribution in [3.63, 3.8) is 0 Å². The SMILES string of the molecule is O=C(OC[C@@H]1CCOC1)c1cc(-c2cccs2)nc2ccccc12. The molecule has 5 heteroatoms. The van der Waals surface area contributed by atoms with Crippen LogP contribution in [0.4, 0.5) is 0 Å². The van der Waals surface area contributed by atoms with E-state index in [0.29, 0.717) is 24.7 Å². The molecule has 4 nitrogen and oxygen atoms in total. The molecule has 4 rings (SSSR count). The molecule has 2 aromatic heterocycles. The van der Waals surface area contributed by atoms with Crippen molar-refractivity contribution in [2.24, 2.45) is 5.92 Å². The van der Waals surface area contributed by atoms with E-state index < -0.39 is 0 Å². The fraction of sp³-hybridized carbons (Fsp3) is 0.263. The number of carbonyl (C=O) groups excluding carboxylic acids is 1. The van der Waals surface area contributed by atoms with E-state index in [-0.39, 0.29) is 5.97 Å². The summed E-state index contributed by atoms with van der Waals surface area (Å²) in [5.74, 6) is 0.0112. The summed E-state index contributed by atoms with van der Waals surface area (Å²) in [5, 5.41) is 2.83. The molecule has 24 heavy (non-hydrogen) atoms. The van der Waals surface area contributed by atoms with Gasteiger partial charge in [0.1, 0.15) is 0 Å². The predicted octanol–water partition coefficient (Wildman–Crippen LogP) is 4.16. The summed E-state index contributed by atoms with van der Waals surface area (Å²) in [6.07, 6.45) is 0.949. The van der Waals surface area contributed by atoms with Gasteiger partial charge >= 0.3 is 5.97 Å². The maximum Gasteiger partial charge on any atom is 0.338 e. The molecule has 0 saturated carbocycles. The molecule has 1 saturated heterocycles. The molecule has 1 aliphatic rings. The number of pyridine rings is 1. The van der Waals surface area contributed by atoms with Gasteiger partial charge in [-0.2, -0.15) is 0 Å². The van der Waals surface area contributed by atoms with Gasteiger partial charge in [-0.1, -0.05) is 24.3 Å². The highest BCUT2D eigenvalue weighted by Crippen LogP contribution is 2.28. The second kappa shape index (κ2) is 6.71. The minimum Gasteiger partial charge on any atom is -0.462 e. The molecule has 0 amide bonds. The lowest BCUT2D eigenvalue weighted by Gasteiger charge is -2.11. The van der Waals surface area contributed by atoms with E-state index >= 15 is 0 Å². The van der Waals surface area contributed by atoms with Gasteiger partial charge in [-0.25, -0.2) is 9.78 Å². The van der Waals surface area contributed by atoms with E-state index in [1.54, 1.807) is 11.3 Å². The summed E-state index contributed by atoms with van der Waals surface area (Å²) >= 11 is 1.61. The molecule has 0 spiro atoms. The van der Waals surface area contributed by atoms with Crippen LogP contribution in [0.15, 0.2) is 47.8 Å². The van der Waals surface area contributed by atoms with Crippen LogP contribution in [-0.4, -0.2) is 30.8 Å². The van der Waals surface area contributed by atoms with Crippen molar-refractivity contribution < 1.29 is 14.3 Å². The second-order valence-electron chi connectivity index (χ2n) is 5.88. The zero-order chi connectivity index (χ0) is 16.4. The first-order valence-corrected chi connectivity index (χ1v) is 8.88. The quantitative estimate of drug-likeness (QED) is 0.670. The van der Waals surface area contributed by atoms with Crippen molar-refractivity contribution in [1.82, 2.24) is 4.98 Å². The van der Waals surface area contributed by atoms with Gasteiger partial charge in [0.25, 0.3) is 0 Å². The number of para-hydroxylation sites is 1. The van der Waals surface area contributed by atoms with Crippen LogP contribution >= 0.6 is 11.3 Å². The Morgan fingerprint density at radius 1 is 1.29 bits per heavy atom. The first kappa shape index (κ1) is 15.3. The summed E-state index contributed by atoms with van der Waals surface area (Å²) in [6, 6.07) is 13.5. The van der Waals surface area contributed by atoms with Crippen molar-refractivity contribution in [2.75, 3.05) is 19.8 Å². The molecule has 0 N–H and O–H groups in total. The zero-order valence-electron chi connectivity index (χ0n) is 13.1. The molecule has 0 radical (unpaired) electrons. The van der Waals surface area contributed by atoms with E-state index in [4.69, 9.17) is 9.47 Å². The highest BCUT2D eigenvalue weighted by molar-refractivity contribution is 7.13. The third-order valence-electron chi connectivity index (χ3n) is 4.18. The van der Waals surface area contributed by atoms with Gasteiger partial charge in [0.15, 0.2) is 0 Å². The second-order valence-corrected chi connectivity index (χ2v) is 6.83. The molecular weight excluding hydrogens is 322 g/mol. The minimum absolute atomic E-state index is 0.293. The molecule has 0 unspecified atom stereocenters.